The zero-order chi connectivity index (χ0) is 17.3. The number of para-hydroxylation sites is 1. The molecule has 3 atom stereocenters. The van der Waals surface area contributed by atoms with Gasteiger partial charge in [-0.3, -0.25) is 9.59 Å². The third kappa shape index (κ3) is 3.05. The van der Waals surface area contributed by atoms with Crippen LogP contribution in [0.25, 0.3) is 0 Å². The van der Waals surface area contributed by atoms with Crippen molar-refractivity contribution < 1.29 is 24.2 Å². The number of aliphatic hydroxyl groups is 1. The Hall–Kier alpha value is -2.61. The molecule has 1 aromatic carbocycles. The zero-order valence-corrected chi connectivity index (χ0v) is 13.2. The highest BCUT2D eigenvalue weighted by Crippen LogP contribution is 2.19. The number of rotatable bonds is 2. The molecule has 2 N–H and O–H groups in total. The van der Waals surface area contributed by atoms with Crippen molar-refractivity contribution in [2.45, 2.75) is 25.1 Å². The molecule has 3 amide bonds. The number of benzene rings is 1. The summed E-state index contributed by atoms with van der Waals surface area (Å²) in [7, 11) is 0. The summed E-state index contributed by atoms with van der Waals surface area (Å²) in [5, 5.41) is 12.1. The summed E-state index contributed by atoms with van der Waals surface area (Å²) in [6, 6.07) is 6.96. The largest absolute Gasteiger partial charge is 0.415 e. The summed E-state index contributed by atoms with van der Waals surface area (Å²) in [4.78, 5) is 39.6. The molecule has 8 nitrogen and oxygen atoms in total. The van der Waals surface area contributed by atoms with Crippen LogP contribution in [-0.2, 0) is 9.59 Å². The van der Waals surface area contributed by atoms with E-state index in [0.29, 0.717) is 5.75 Å². The van der Waals surface area contributed by atoms with Gasteiger partial charge >= 0.3 is 6.09 Å². The number of hydrogen-bond acceptors (Lipinski definition) is 5. The van der Waals surface area contributed by atoms with Crippen LogP contribution in [0.3, 0.4) is 0 Å². The lowest BCUT2D eigenvalue weighted by Crippen LogP contribution is -2.71. The van der Waals surface area contributed by atoms with E-state index in [1.54, 1.807) is 24.3 Å². The molecule has 0 aromatic heterocycles. The van der Waals surface area contributed by atoms with Crippen LogP contribution < -0.4 is 10.1 Å². The summed E-state index contributed by atoms with van der Waals surface area (Å²) >= 11 is 0. The average molecular weight is 333 g/mol. The predicted molar refractivity (Wildman–Crippen MR) is 83.2 cm³/mol. The fourth-order valence-electron chi connectivity index (χ4n) is 2.91. The summed E-state index contributed by atoms with van der Waals surface area (Å²) in [6.07, 6.45) is -1.53. The van der Waals surface area contributed by atoms with Crippen LogP contribution >= 0.6 is 0 Å². The monoisotopic (exact) mass is 333 g/mol. The molecule has 1 aromatic rings. The maximum Gasteiger partial charge on any atom is 0.415 e. The van der Waals surface area contributed by atoms with Crippen LogP contribution in [0, 0.1) is 0 Å². The van der Waals surface area contributed by atoms with E-state index in [0.717, 1.165) is 0 Å². The van der Waals surface area contributed by atoms with Crippen LogP contribution in [0.1, 0.15) is 6.92 Å². The van der Waals surface area contributed by atoms with Crippen molar-refractivity contribution in [3.8, 4) is 5.75 Å². The molecule has 0 saturated carbocycles. The van der Waals surface area contributed by atoms with E-state index < -0.39 is 24.3 Å². The summed E-state index contributed by atoms with van der Waals surface area (Å²) < 4.78 is 5.27. The van der Waals surface area contributed by atoms with E-state index in [1.165, 1.54) is 16.7 Å². The lowest BCUT2D eigenvalue weighted by Gasteiger charge is -2.45. The van der Waals surface area contributed by atoms with E-state index in [-0.39, 0.29) is 31.4 Å². The van der Waals surface area contributed by atoms with Crippen molar-refractivity contribution in [3.05, 3.63) is 30.3 Å². The van der Waals surface area contributed by atoms with Gasteiger partial charge in [-0.2, -0.15) is 0 Å². The second kappa shape index (κ2) is 6.48. The number of aliphatic hydroxyl groups excluding tert-OH is 1. The second-order valence-electron chi connectivity index (χ2n) is 5.90. The van der Waals surface area contributed by atoms with Gasteiger partial charge in [-0.05, 0) is 19.1 Å². The number of piperazine rings is 2. The molecule has 128 valence electrons. The van der Waals surface area contributed by atoms with Crippen LogP contribution in [-0.4, -0.2) is 70.6 Å². The van der Waals surface area contributed by atoms with Crippen LogP contribution in [0.5, 0.6) is 5.75 Å². The summed E-state index contributed by atoms with van der Waals surface area (Å²) in [5.41, 5.74) is 0. The molecule has 0 aliphatic carbocycles. The van der Waals surface area contributed by atoms with Crippen molar-refractivity contribution in [3.63, 3.8) is 0 Å². The summed E-state index contributed by atoms with van der Waals surface area (Å²) in [6.45, 7) is 2.02. The van der Waals surface area contributed by atoms with Crippen molar-refractivity contribution >= 4 is 17.9 Å². The molecule has 2 heterocycles. The highest BCUT2D eigenvalue weighted by molar-refractivity contribution is 5.98. The fourth-order valence-corrected chi connectivity index (χ4v) is 2.91. The van der Waals surface area contributed by atoms with E-state index >= 15 is 0 Å². The Kier molecular flexibility index (Phi) is 4.39. The maximum atomic E-state index is 12.3. The number of nitrogens with zero attached hydrogens (tertiary/aromatic N) is 2. The first kappa shape index (κ1) is 16.3. The third-order valence-electron chi connectivity index (χ3n) is 4.22. The Labute approximate surface area is 139 Å². The molecule has 0 spiro atoms. The molecule has 0 unspecified atom stereocenters. The van der Waals surface area contributed by atoms with Gasteiger partial charge in [-0.15, -0.1) is 0 Å². The Morgan fingerprint density at radius 3 is 2.67 bits per heavy atom. The Bertz CT molecular complexity index is 648. The fraction of sp³-hybridized carbons (Fsp3) is 0.438. The van der Waals surface area contributed by atoms with Crippen molar-refractivity contribution in [1.29, 1.82) is 0 Å². The predicted octanol–water partition coefficient (Wildman–Crippen LogP) is -0.423. The van der Waals surface area contributed by atoms with Gasteiger partial charge in [0.25, 0.3) is 0 Å². The number of nitrogens with one attached hydrogen (secondary N) is 1. The third-order valence-corrected chi connectivity index (χ3v) is 4.22. The van der Waals surface area contributed by atoms with Crippen LogP contribution in [0.2, 0.25) is 0 Å². The number of fused-ring (bicyclic) bond motifs is 1. The van der Waals surface area contributed by atoms with Gasteiger partial charge in [-0.25, -0.2) is 4.79 Å². The molecular formula is C16H19N3O5. The quantitative estimate of drug-likeness (QED) is 0.766. The molecular weight excluding hydrogens is 314 g/mol. The van der Waals surface area contributed by atoms with Gasteiger partial charge in [0.1, 0.15) is 17.8 Å². The molecule has 3 rings (SSSR count). The number of ether oxygens (including phenoxy) is 1. The van der Waals surface area contributed by atoms with E-state index in [1.807, 2.05) is 6.07 Å². The van der Waals surface area contributed by atoms with Gasteiger partial charge in [-0.1, -0.05) is 18.2 Å². The first-order valence-electron chi connectivity index (χ1n) is 7.78. The Balaban J connectivity index is 1.67. The minimum absolute atomic E-state index is 0.0652. The first-order valence-corrected chi connectivity index (χ1v) is 7.78. The number of amides is 3. The topological polar surface area (TPSA) is 99.2 Å². The molecule has 2 aliphatic rings. The van der Waals surface area contributed by atoms with Crippen LogP contribution in [0.4, 0.5) is 4.79 Å². The normalized spacial score (nSPS) is 24.9. The summed E-state index contributed by atoms with van der Waals surface area (Å²) in [5.74, 6) is -0.286. The molecule has 8 heteroatoms. The van der Waals surface area contributed by atoms with Crippen LogP contribution in [0.15, 0.2) is 30.3 Å². The molecule has 24 heavy (non-hydrogen) atoms. The molecule has 0 bridgehead atoms. The van der Waals surface area contributed by atoms with E-state index in [2.05, 4.69) is 5.32 Å². The standard InChI is InChI=1S/C16H19N3O5/c1-10(20)13-15(22)19-8-7-18(9-12(19)14(21)17-13)16(23)24-11-5-3-2-4-6-11/h2-6,10,12-13,20H,7-9H2,1H3,(H,17,21)/t10-,12-,13+/m1/s1. The van der Waals surface area contributed by atoms with E-state index in [9.17, 15) is 19.5 Å². The van der Waals surface area contributed by atoms with Gasteiger partial charge in [0, 0.05) is 13.1 Å². The van der Waals surface area contributed by atoms with Gasteiger partial charge in [0.05, 0.1) is 12.6 Å². The molecule has 0 radical (unpaired) electrons. The highest BCUT2D eigenvalue weighted by atomic mass is 16.6. The zero-order valence-electron chi connectivity index (χ0n) is 13.2. The molecule has 2 fully saturated rings. The number of hydrogen-bond donors (Lipinski definition) is 2. The Morgan fingerprint density at radius 2 is 2.00 bits per heavy atom. The molecule has 2 aliphatic heterocycles. The average Bonchev–Trinajstić information content (AvgIpc) is 2.58. The van der Waals surface area contributed by atoms with Crippen molar-refractivity contribution in [2.24, 2.45) is 0 Å². The van der Waals surface area contributed by atoms with Gasteiger partial charge < -0.3 is 25.0 Å². The second-order valence-corrected chi connectivity index (χ2v) is 5.90. The minimum Gasteiger partial charge on any atom is -0.410 e. The smallest absolute Gasteiger partial charge is 0.410 e. The van der Waals surface area contributed by atoms with Gasteiger partial charge in [0.2, 0.25) is 11.8 Å². The molecule has 2 saturated heterocycles. The van der Waals surface area contributed by atoms with Gasteiger partial charge in [0.15, 0.2) is 0 Å². The number of carbonyl (C=O) groups excluding carboxylic acids is 3. The highest BCUT2D eigenvalue weighted by Gasteiger charge is 2.45. The number of carbonyl (C=O) groups is 3. The lowest BCUT2D eigenvalue weighted by atomic mass is 10.0. The maximum absolute atomic E-state index is 12.3. The SMILES string of the molecule is C[C@@H](O)[C@@H]1NC(=O)[C@H]2CN(C(=O)Oc3ccccc3)CCN2C1=O. The Morgan fingerprint density at radius 1 is 1.29 bits per heavy atom. The van der Waals surface area contributed by atoms with Crippen molar-refractivity contribution in [1.82, 2.24) is 15.1 Å². The van der Waals surface area contributed by atoms with E-state index in [4.69, 9.17) is 4.74 Å². The first-order chi connectivity index (χ1) is 11.5. The minimum atomic E-state index is -0.969. The lowest BCUT2D eigenvalue weighted by molar-refractivity contribution is -0.155. The van der Waals surface area contributed by atoms with Crippen molar-refractivity contribution in [2.75, 3.05) is 19.6 Å².